The van der Waals surface area contributed by atoms with E-state index in [4.69, 9.17) is 9.97 Å². The molecule has 0 fully saturated rings. The average molecular weight is 388 g/mol. The minimum Gasteiger partial charge on any atom is -0.239 e. The van der Waals surface area contributed by atoms with Crippen molar-refractivity contribution in [1.29, 1.82) is 0 Å². The zero-order chi connectivity index (χ0) is 17.1. The zero-order valence-electron chi connectivity index (χ0n) is 13.3. The Labute approximate surface area is 154 Å². The lowest BCUT2D eigenvalue weighted by Crippen LogP contribution is -1.96. The summed E-state index contributed by atoms with van der Waals surface area (Å²) in [5.74, 6) is 0.693. The van der Waals surface area contributed by atoms with Gasteiger partial charge in [-0.1, -0.05) is 66.7 Å². The lowest BCUT2D eigenvalue weighted by molar-refractivity contribution is 1.16. The molecule has 2 aromatic heterocycles. The maximum absolute atomic E-state index is 4.77. The molecule has 4 rings (SSSR count). The van der Waals surface area contributed by atoms with Gasteiger partial charge in [0.1, 0.15) is 4.60 Å². The number of pyridine rings is 1. The van der Waals surface area contributed by atoms with E-state index in [0.29, 0.717) is 5.82 Å². The molecule has 0 aliphatic rings. The summed E-state index contributed by atoms with van der Waals surface area (Å²) in [7, 11) is 0. The summed E-state index contributed by atoms with van der Waals surface area (Å²) in [5, 5.41) is 0. The van der Waals surface area contributed by atoms with Gasteiger partial charge in [-0.25, -0.2) is 15.0 Å². The molecule has 0 unspecified atom stereocenters. The summed E-state index contributed by atoms with van der Waals surface area (Å²) in [6, 6.07) is 27.9. The molecule has 0 atom stereocenters. The van der Waals surface area contributed by atoms with E-state index in [1.165, 1.54) is 0 Å². The summed E-state index contributed by atoms with van der Waals surface area (Å²) in [6.45, 7) is 0. The van der Waals surface area contributed by atoms with E-state index in [2.05, 4.69) is 33.0 Å². The van der Waals surface area contributed by atoms with Gasteiger partial charge in [-0.15, -0.1) is 0 Å². The fourth-order valence-electron chi connectivity index (χ4n) is 2.60. The maximum atomic E-state index is 4.77. The van der Waals surface area contributed by atoms with Crippen molar-refractivity contribution in [3.05, 3.63) is 89.5 Å². The number of halogens is 1. The average Bonchev–Trinajstić information content (AvgIpc) is 2.69. The molecular weight excluding hydrogens is 374 g/mol. The molecule has 4 aromatic rings. The van der Waals surface area contributed by atoms with Crippen molar-refractivity contribution in [1.82, 2.24) is 15.0 Å². The van der Waals surface area contributed by atoms with E-state index in [0.717, 1.165) is 32.8 Å². The van der Waals surface area contributed by atoms with Gasteiger partial charge in [0.25, 0.3) is 0 Å². The van der Waals surface area contributed by atoms with Crippen LogP contribution >= 0.6 is 15.9 Å². The van der Waals surface area contributed by atoms with Crippen LogP contribution in [0.3, 0.4) is 0 Å². The molecule has 0 saturated heterocycles. The molecule has 0 aliphatic carbocycles. The van der Waals surface area contributed by atoms with Crippen LogP contribution < -0.4 is 0 Å². The van der Waals surface area contributed by atoms with Crippen LogP contribution in [0.1, 0.15) is 0 Å². The summed E-state index contributed by atoms with van der Waals surface area (Å²) >= 11 is 3.43. The van der Waals surface area contributed by atoms with Crippen LogP contribution in [0.2, 0.25) is 0 Å². The molecule has 0 N–H and O–H groups in total. The van der Waals surface area contributed by atoms with Crippen LogP contribution in [0.5, 0.6) is 0 Å². The number of nitrogens with zero attached hydrogens (tertiary/aromatic N) is 3. The van der Waals surface area contributed by atoms with Crippen molar-refractivity contribution in [3.8, 4) is 34.0 Å². The normalized spacial score (nSPS) is 10.6. The van der Waals surface area contributed by atoms with Crippen molar-refractivity contribution in [3.63, 3.8) is 0 Å². The standard InChI is InChI=1S/C21H14BrN3/c22-20-13-7-12-17(23-20)19-14-18(15-8-3-1-4-9-15)24-21(25-19)16-10-5-2-6-11-16/h1-14H. The van der Waals surface area contributed by atoms with E-state index in [-0.39, 0.29) is 0 Å². The number of hydrogen-bond acceptors (Lipinski definition) is 3. The van der Waals surface area contributed by atoms with Gasteiger partial charge in [-0.3, -0.25) is 0 Å². The van der Waals surface area contributed by atoms with Crippen molar-refractivity contribution >= 4 is 15.9 Å². The van der Waals surface area contributed by atoms with Gasteiger partial charge < -0.3 is 0 Å². The van der Waals surface area contributed by atoms with Crippen molar-refractivity contribution in [2.24, 2.45) is 0 Å². The summed E-state index contributed by atoms with van der Waals surface area (Å²) in [4.78, 5) is 14.1. The minimum atomic E-state index is 0.693. The van der Waals surface area contributed by atoms with Crippen LogP contribution in [0, 0.1) is 0 Å². The summed E-state index contributed by atoms with van der Waals surface area (Å²) in [6.07, 6.45) is 0. The Balaban J connectivity index is 1.92. The van der Waals surface area contributed by atoms with Gasteiger partial charge in [-0.05, 0) is 34.1 Å². The predicted octanol–water partition coefficient (Wildman–Crippen LogP) is 5.64. The smallest absolute Gasteiger partial charge is 0.160 e. The highest BCUT2D eigenvalue weighted by Crippen LogP contribution is 2.27. The van der Waals surface area contributed by atoms with Gasteiger partial charge >= 0.3 is 0 Å². The largest absolute Gasteiger partial charge is 0.239 e. The molecule has 0 bridgehead atoms. The van der Waals surface area contributed by atoms with Crippen LogP contribution in [-0.4, -0.2) is 15.0 Å². The lowest BCUT2D eigenvalue weighted by Gasteiger charge is -2.09. The van der Waals surface area contributed by atoms with Crippen molar-refractivity contribution in [2.45, 2.75) is 0 Å². The molecular formula is C21H14BrN3. The molecule has 0 saturated carbocycles. The van der Waals surface area contributed by atoms with E-state index >= 15 is 0 Å². The highest BCUT2D eigenvalue weighted by Gasteiger charge is 2.11. The first kappa shape index (κ1) is 15.7. The monoisotopic (exact) mass is 387 g/mol. The van der Waals surface area contributed by atoms with Crippen LogP contribution in [0.25, 0.3) is 34.0 Å². The van der Waals surface area contributed by atoms with Gasteiger partial charge in [0.15, 0.2) is 5.82 Å². The first-order valence-electron chi connectivity index (χ1n) is 7.92. The third-order valence-electron chi connectivity index (χ3n) is 3.81. The van der Waals surface area contributed by atoms with Crippen molar-refractivity contribution in [2.75, 3.05) is 0 Å². The summed E-state index contributed by atoms with van der Waals surface area (Å²) < 4.78 is 0.783. The Bertz CT molecular complexity index is 944. The second-order valence-corrected chi connectivity index (χ2v) is 6.35. The van der Waals surface area contributed by atoms with E-state index < -0.39 is 0 Å². The second-order valence-electron chi connectivity index (χ2n) is 5.54. The maximum Gasteiger partial charge on any atom is 0.160 e. The second kappa shape index (κ2) is 6.95. The number of aromatic nitrogens is 3. The van der Waals surface area contributed by atoms with Crippen molar-refractivity contribution < 1.29 is 0 Å². The Hall–Kier alpha value is -2.85. The van der Waals surface area contributed by atoms with Gasteiger partial charge in [0, 0.05) is 11.1 Å². The van der Waals surface area contributed by atoms with Crippen LogP contribution in [-0.2, 0) is 0 Å². The predicted molar refractivity (Wildman–Crippen MR) is 104 cm³/mol. The lowest BCUT2D eigenvalue weighted by atomic mass is 10.1. The Morgan fingerprint density at radius 3 is 1.84 bits per heavy atom. The van der Waals surface area contributed by atoms with E-state index in [1.807, 2.05) is 72.8 Å². The Morgan fingerprint density at radius 2 is 1.16 bits per heavy atom. The van der Waals surface area contributed by atoms with E-state index in [1.54, 1.807) is 0 Å². The molecule has 120 valence electrons. The highest BCUT2D eigenvalue weighted by molar-refractivity contribution is 9.10. The summed E-state index contributed by atoms with van der Waals surface area (Å²) in [5.41, 5.74) is 4.53. The first-order valence-corrected chi connectivity index (χ1v) is 8.72. The molecule has 0 aliphatic heterocycles. The Kier molecular flexibility index (Phi) is 4.36. The fourth-order valence-corrected chi connectivity index (χ4v) is 2.95. The molecule has 3 nitrogen and oxygen atoms in total. The molecule has 2 aromatic carbocycles. The van der Waals surface area contributed by atoms with Gasteiger partial charge in [0.2, 0.25) is 0 Å². The van der Waals surface area contributed by atoms with Gasteiger partial charge in [-0.2, -0.15) is 0 Å². The number of hydrogen-bond donors (Lipinski definition) is 0. The number of benzene rings is 2. The fraction of sp³-hybridized carbons (Fsp3) is 0. The minimum absolute atomic E-state index is 0.693. The molecule has 2 heterocycles. The zero-order valence-corrected chi connectivity index (χ0v) is 14.9. The van der Waals surface area contributed by atoms with Crippen LogP contribution in [0.15, 0.2) is 89.5 Å². The topological polar surface area (TPSA) is 38.7 Å². The molecule has 0 amide bonds. The molecule has 0 spiro atoms. The van der Waals surface area contributed by atoms with Crippen LogP contribution in [0.4, 0.5) is 0 Å². The SMILES string of the molecule is Brc1cccc(-c2cc(-c3ccccc3)nc(-c3ccccc3)n2)n1. The Morgan fingerprint density at radius 1 is 0.520 bits per heavy atom. The third kappa shape index (κ3) is 3.49. The number of rotatable bonds is 3. The van der Waals surface area contributed by atoms with Gasteiger partial charge in [0.05, 0.1) is 17.1 Å². The first-order chi connectivity index (χ1) is 12.3. The quantitative estimate of drug-likeness (QED) is 0.427. The molecule has 0 radical (unpaired) electrons. The molecule has 4 heteroatoms. The highest BCUT2D eigenvalue weighted by atomic mass is 79.9. The third-order valence-corrected chi connectivity index (χ3v) is 4.25. The molecule has 25 heavy (non-hydrogen) atoms. The van der Waals surface area contributed by atoms with E-state index in [9.17, 15) is 0 Å².